The van der Waals surface area contributed by atoms with Crippen LogP contribution in [0.5, 0.6) is 5.75 Å². The number of nitrogens with zero attached hydrogens (tertiary/aromatic N) is 1. The largest absolute Gasteiger partial charge is 0.496 e. The smallest absolute Gasteiger partial charge is 0.470 e. The minimum Gasteiger partial charge on any atom is -0.496 e. The number of rotatable bonds is 10. The van der Waals surface area contributed by atoms with Gasteiger partial charge in [-0.2, -0.15) is 0 Å². The van der Waals surface area contributed by atoms with Crippen molar-refractivity contribution in [3.05, 3.63) is 30.0 Å². The van der Waals surface area contributed by atoms with Gasteiger partial charge in [-0.1, -0.05) is 12.5 Å². The third-order valence-corrected chi connectivity index (χ3v) is 8.72. The Balaban J connectivity index is 1.39. The molecule has 0 bridgehead atoms. The summed E-state index contributed by atoms with van der Waals surface area (Å²) < 4.78 is 21.0. The molecular weight excluding hydrogens is 543 g/mol. The monoisotopic (exact) mass is 576 g/mol. The molecule has 1 aromatic heterocycles. The molecule has 216 valence electrons. The van der Waals surface area contributed by atoms with Gasteiger partial charge in [0.1, 0.15) is 24.1 Å². The number of aromatic nitrogens is 1. The van der Waals surface area contributed by atoms with Crippen LogP contribution in [0.15, 0.2) is 24.3 Å². The lowest BCUT2D eigenvalue weighted by Gasteiger charge is -2.29. The highest BCUT2D eigenvalue weighted by Gasteiger charge is 2.50. The van der Waals surface area contributed by atoms with Crippen LogP contribution in [0.25, 0.3) is 10.9 Å². The Morgan fingerprint density at radius 3 is 2.73 bits per heavy atom. The molecule has 1 saturated carbocycles. The Hall–Kier alpha value is -3.25. The van der Waals surface area contributed by atoms with Crippen LogP contribution in [0.1, 0.15) is 42.6 Å². The minimum absolute atomic E-state index is 0.0441. The maximum atomic E-state index is 13.8. The van der Waals surface area contributed by atoms with Gasteiger partial charge in [-0.05, 0) is 55.7 Å². The average molecular weight is 577 g/mol. The van der Waals surface area contributed by atoms with Crippen LogP contribution in [0, 0.1) is 17.8 Å². The summed E-state index contributed by atoms with van der Waals surface area (Å²) in [6, 6.07) is 5.06. The number of ether oxygens (including phenoxy) is 1. The zero-order valence-electron chi connectivity index (χ0n) is 22.0. The highest BCUT2D eigenvalue weighted by molar-refractivity contribution is 7.46. The van der Waals surface area contributed by atoms with Gasteiger partial charge < -0.3 is 35.0 Å². The van der Waals surface area contributed by atoms with E-state index < -0.39 is 44.1 Å². The van der Waals surface area contributed by atoms with Crippen molar-refractivity contribution >= 4 is 42.2 Å². The number of hydrogen-bond acceptors (Lipinski definition) is 7. The lowest BCUT2D eigenvalue weighted by atomic mass is 9.92. The molecule has 40 heavy (non-hydrogen) atoms. The van der Waals surface area contributed by atoms with Gasteiger partial charge in [0.05, 0.1) is 13.2 Å². The first-order chi connectivity index (χ1) is 19.1. The molecule has 14 heteroatoms. The van der Waals surface area contributed by atoms with Crippen molar-refractivity contribution in [2.45, 2.75) is 44.2 Å². The summed E-state index contributed by atoms with van der Waals surface area (Å²) in [5.74, 6) is -1.82. The van der Waals surface area contributed by atoms with Gasteiger partial charge in [0, 0.05) is 29.9 Å². The second kappa shape index (κ2) is 11.3. The van der Waals surface area contributed by atoms with Crippen LogP contribution in [0.2, 0.25) is 0 Å². The van der Waals surface area contributed by atoms with E-state index in [4.69, 9.17) is 14.5 Å². The van der Waals surface area contributed by atoms with Crippen molar-refractivity contribution in [2.75, 3.05) is 26.8 Å². The first-order valence-electron chi connectivity index (χ1n) is 13.3. The normalized spacial score (nSPS) is 25.1. The Bertz CT molecular complexity index is 1370. The third-order valence-electron chi connectivity index (χ3n) is 8.26. The van der Waals surface area contributed by atoms with Gasteiger partial charge in [-0.3, -0.25) is 23.7 Å². The topological polar surface area (TPSA) is 187 Å². The van der Waals surface area contributed by atoms with Crippen molar-refractivity contribution in [3.8, 4) is 5.75 Å². The Morgan fingerprint density at radius 1 is 1.23 bits per heavy atom. The fourth-order valence-electron chi connectivity index (χ4n) is 6.36. The number of fused-ring (bicyclic) bond motifs is 2. The van der Waals surface area contributed by atoms with Gasteiger partial charge in [-0.15, -0.1) is 0 Å². The van der Waals surface area contributed by atoms with Gasteiger partial charge in [-0.25, -0.2) is 4.57 Å². The summed E-state index contributed by atoms with van der Waals surface area (Å²) in [6.07, 6.45) is 2.96. The molecule has 0 spiro atoms. The van der Waals surface area contributed by atoms with Gasteiger partial charge in [0.15, 0.2) is 5.78 Å². The molecule has 2 aliphatic heterocycles. The molecule has 2 aromatic rings. The van der Waals surface area contributed by atoms with E-state index in [0.29, 0.717) is 36.5 Å². The zero-order chi connectivity index (χ0) is 28.6. The molecule has 3 fully saturated rings. The van der Waals surface area contributed by atoms with E-state index >= 15 is 0 Å². The molecule has 5 N–H and O–H groups in total. The number of phosphoric ester groups is 1. The van der Waals surface area contributed by atoms with Crippen LogP contribution in [-0.4, -0.2) is 82.1 Å². The number of nitrogens with one attached hydrogen (secondary N) is 3. The molecule has 5 rings (SSSR count). The summed E-state index contributed by atoms with van der Waals surface area (Å²) in [5, 5.41) is 6.13. The predicted octanol–water partition coefficient (Wildman–Crippen LogP) is 1.11. The molecule has 1 aromatic carbocycles. The van der Waals surface area contributed by atoms with Crippen molar-refractivity contribution < 1.29 is 42.8 Å². The third kappa shape index (κ3) is 5.78. The van der Waals surface area contributed by atoms with E-state index in [2.05, 4.69) is 20.1 Å². The summed E-state index contributed by atoms with van der Waals surface area (Å²) in [5.41, 5.74) is 1.02. The highest BCUT2D eigenvalue weighted by atomic mass is 31.2. The summed E-state index contributed by atoms with van der Waals surface area (Å²) in [7, 11) is -3.39. The molecule has 2 saturated heterocycles. The number of aromatic amines is 1. The first-order valence-corrected chi connectivity index (χ1v) is 14.9. The number of likely N-dealkylation sites (tertiary alicyclic amines) is 1. The summed E-state index contributed by atoms with van der Waals surface area (Å²) in [6.45, 7) is -0.111. The lowest BCUT2D eigenvalue weighted by molar-refractivity contribution is -0.133. The standard InChI is InChI=1S/C26H33N4O9P/c1-38-22-7-3-6-18-17(22)11-20(28-18)26(34)30-12-15-4-2-5-16(15)23(30)25(33)29-19(10-14-8-9-27-24(14)32)21(31)13-39-40(35,36)37/h3,6-7,11,14-16,19,23,28H,2,4-5,8-10,12-13H2,1H3,(H,27,32)(H,29,33)(H2,35,36,37)/t14-,15-,16-,19?,23-/m0/s1. The number of phosphoric acid groups is 1. The van der Waals surface area contributed by atoms with Crippen LogP contribution in [0.3, 0.4) is 0 Å². The number of benzene rings is 1. The maximum Gasteiger partial charge on any atom is 0.470 e. The van der Waals surface area contributed by atoms with Crippen molar-refractivity contribution in [2.24, 2.45) is 17.8 Å². The molecule has 0 radical (unpaired) electrons. The summed E-state index contributed by atoms with van der Waals surface area (Å²) in [4.78, 5) is 75.5. The highest BCUT2D eigenvalue weighted by Crippen LogP contribution is 2.43. The van der Waals surface area contributed by atoms with Crippen molar-refractivity contribution in [1.29, 1.82) is 0 Å². The molecule has 3 amide bonds. The second-order valence-corrected chi connectivity index (χ2v) is 11.9. The number of Topliss-reactive ketones (excluding diaryl/α,β-unsaturated/α-hetero) is 1. The van der Waals surface area contributed by atoms with Crippen LogP contribution >= 0.6 is 7.82 Å². The van der Waals surface area contributed by atoms with E-state index in [1.54, 1.807) is 25.3 Å². The zero-order valence-corrected chi connectivity index (χ0v) is 22.9. The molecule has 5 atom stereocenters. The van der Waals surface area contributed by atoms with Gasteiger partial charge in [0.2, 0.25) is 11.8 Å². The van der Waals surface area contributed by atoms with Crippen LogP contribution < -0.4 is 15.4 Å². The Labute approximate surface area is 230 Å². The van der Waals surface area contributed by atoms with Gasteiger partial charge >= 0.3 is 7.82 Å². The number of ketones is 1. The SMILES string of the molecule is COc1cccc2[nH]c(C(=O)N3C[C@@H]4CCC[C@@H]4[C@H]3C(=O)NC(C[C@@H]3CCNC3=O)C(=O)COP(=O)(O)O)cc12. The fraction of sp³-hybridized carbons (Fsp3) is 0.538. The Morgan fingerprint density at radius 2 is 2.02 bits per heavy atom. The number of carbonyl (C=O) groups is 4. The van der Waals surface area contributed by atoms with E-state index in [-0.39, 0.29) is 30.1 Å². The van der Waals surface area contributed by atoms with E-state index in [0.717, 1.165) is 24.6 Å². The number of methoxy groups -OCH3 is 1. The molecule has 3 aliphatic rings. The lowest BCUT2D eigenvalue weighted by Crippen LogP contribution is -2.53. The first kappa shape index (κ1) is 28.3. The van der Waals surface area contributed by atoms with Crippen molar-refractivity contribution in [1.82, 2.24) is 20.5 Å². The number of hydrogen-bond donors (Lipinski definition) is 5. The number of amides is 3. The molecule has 13 nitrogen and oxygen atoms in total. The second-order valence-electron chi connectivity index (χ2n) is 10.7. The van der Waals surface area contributed by atoms with E-state index in [9.17, 15) is 23.7 Å². The van der Waals surface area contributed by atoms with E-state index in [1.807, 2.05) is 6.07 Å². The molecule has 3 heterocycles. The molecule has 1 unspecified atom stereocenters. The van der Waals surface area contributed by atoms with Crippen LogP contribution in [-0.2, 0) is 23.5 Å². The van der Waals surface area contributed by atoms with E-state index in [1.165, 1.54) is 4.90 Å². The molecular formula is C26H33N4O9P. The average Bonchev–Trinajstić information content (AvgIpc) is 3.69. The Kier molecular flexibility index (Phi) is 8.01. The fourth-order valence-corrected chi connectivity index (χ4v) is 6.65. The minimum atomic E-state index is -4.93. The summed E-state index contributed by atoms with van der Waals surface area (Å²) >= 11 is 0. The van der Waals surface area contributed by atoms with Gasteiger partial charge in [0.25, 0.3) is 5.91 Å². The number of H-pyrrole nitrogens is 1. The quantitative estimate of drug-likeness (QED) is 0.258. The maximum absolute atomic E-state index is 13.8. The predicted molar refractivity (Wildman–Crippen MR) is 141 cm³/mol. The van der Waals surface area contributed by atoms with Crippen molar-refractivity contribution in [3.63, 3.8) is 0 Å². The molecule has 1 aliphatic carbocycles. The van der Waals surface area contributed by atoms with Crippen LogP contribution in [0.4, 0.5) is 0 Å². The number of carbonyl (C=O) groups excluding carboxylic acids is 4.